The highest BCUT2D eigenvalue weighted by Crippen LogP contribution is 2.41. The van der Waals surface area contributed by atoms with E-state index in [-0.39, 0.29) is 18.5 Å². The Hall–Kier alpha value is -0.380. The van der Waals surface area contributed by atoms with Crippen LogP contribution in [0.15, 0.2) is 12.2 Å². The van der Waals surface area contributed by atoms with Gasteiger partial charge in [-0.15, -0.1) is 0 Å². The molecule has 2 aliphatic rings. The molecule has 92 valence electrons. The maximum atomic E-state index is 5.89. The van der Waals surface area contributed by atoms with Crippen molar-refractivity contribution in [3.8, 4) is 0 Å². The van der Waals surface area contributed by atoms with Gasteiger partial charge in [0.15, 0.2) is 6.29 Å². The minimum atomic E-state index is -0.198. The van der Waals surface area contributed by atoms with E-state index in [1.165, 1.54) is 24.8 Å². The molecule has 0 spiro atoms. The van der Waals surface area contributed by atoms with Crippen molar-refractivity contribution in [3.05, 3.63) is 12.2 Å². The zero-order valence-corrected chi connectivity index (χ0v) is 10.3. The van der Waals surface area contributed by atoms with Crippen molar-refractivity contribution in [1.29, 1.82) is 0 Å². The number of fused-ring (bicyclic) bond motifs is 1. The average Bonchev–Trinajstić information content (AvgIpc) is 2.81. The molecule has 3 nitrogen and oxygen atoms in total. The Balaban J connectivity index is 1.94. The molecule has 0 aromatic heterocycles. The zero-order chi connectivity index (χ0) is 11.5. The monoisotopic (exact) mass is 226 g/mol. The van der Waals surface area contributed by atoms with Crippen LogP contribution in [0, 0.1) is 5.92 Å². The summed E-state index contributed by atoms with van der Waals surface area (Å²) in [6, 6.07) is 0. The molecule has 0 unspecified atom stereocenters. The third kappa shape index (κ3) is 2.17. The van der Waals surface area contributed by atoms with Gasteiger partial charge in [0.25, 0.3) is 0 Å². The topological polar surface area (TPSA) is 27.7 Å². The van der Waals surface area contributed by atoms with Gasteiger partial charge in [-0.05, 0) is 12.0 Å². The van der Waals surface area contributed by atoms with E-state index in [1.54, 1.807) is 7.11 Å². The van der Waals surface area contributed by atoms with E-state index in [0.29, 0.717) is 12.5 Å². The first-order chi connectivity index (χ1) is 7.77. The normalized spacial score (nSPS) is 38.0. The van der Waals surface area contributed by atoms with Crippen molar-refractivity contribution in [2.75, 3.05) is 13.7 Å². The van der Waals surface area contributed by atoms with Gasteiger partial charge in [0.05, 0.1) is 12.7 Å². The van der Waals surface area contributed by atoms with Gasteiger partial charge in [0.1, 0.15) is 6.10 Å². The molecular weight excluding hydrogens is 204 g/mol. The lowest BCUT2D eigenvalue weighted by Crippen LogP contribution is -2.26. The lowest BCUT2D eigenvalue weighted by molar-refractivity contribution is -0.157. The highest BCUT2D eigenvalue weighted by atomic mass is 16.7. The molecule has 2 rings (SSSR count). The summed E-state index contributed by atoms with van der Waals surface area (Å²) in [4.78, 5) is 0. The first-order valence-corrected chi connectivity index (χ1v) is 6.25. The van der Waals surface area contributed by atoms with Gasteiger partial charge in [-0.1, -0.05) is 32.8 Å². The summed E-state index contributed by atoms with van der Waals surface area (Å²) in [7, 11) is 1.68. The smallest absolute Gasteiger partial charge is 0.184 e. The lowest BCUT2D eigenvalue weighted by Gasteiger charge is -2.16. The van der Waals surface area contributed by atoms with Crippen LogP contribution in [0.2, 0.25) is 0 Å². The molecular formula is C13H22O3. The van der Waals surface area contributed by atoms with E-state index >= 15 is 0 Å². The Labute approximate surface area is 97.8 Å². The number of hydrogen-bond donors (Lipinski definition) is 0. The molecule has 2 fully saturated rings. The fourth-order valence-electron chi connectivity index (χ4n) is 2.72. The van der Waals surface area contributed by atoms with Gasteiger partial charge < -0.3 is 14.2 Å². The van der Waals surface area contributed by atoms with E-state index in [0.717, 1.165) is 6.42 Å². The van der Waals surface area contributed by atoms with Crippen LogP contribution < -0.4 is 0 Å². The van der Waals surface area contributed by atoms with Crippen molar-refractivity contribution >= 4 is 0 Å². The van der Waals surface area contributed by atoms with Crippen molar-refractivity contribution in [1.82, 2.24) is 0 Å². The maximum absolute atomic E-state index is 5.89. The van der Waals surface area contributed by atoms with Crippen LogP contribution >= 0.6 is 0 Å². The molecule has 0 aromatic carbocycles. The van der Waals surface area contributed by atoms with Crippen LogP contribution in [0.5, 0.6) is 0 Å². The first-order valence-electron chi connectivity index (χ1n) is 6.25. The average molecular weight is 226 g/mol. The molecule has 3 heteroatoms. The summed E-state index contributed by atoms with van der Waals surface area (Å²) < 4.78 is 16.9. The number of rotatable bonds is 5. The third-order valence-electron chi connectivity index (χ3n) is 3.59. The van der Waals surface area contributed by atoms with E-state index < -0.39 is 0 Å². The van der Waals surface area contributed by atoms with Crippen molar-refractivity contribution in [2.24, 2.45) is 5.92 Å². The molecule has 0 bridgehead atoms. The highest BCUT2D eigenvalue weighted by Gasteiger charge is 2.49. The molecule has 0 amide bonds. The standard InChI is InChI=1S/C13H22O3/c1-4-5-6-7-10-11-9(2)8-15-12(11)13(14-3)16-10/h10-13H,2,4-8H2,1,3H3/t10-,11+,12+,13+/m0/s1. The molecule has 0 radical (unpaired) electrons. The van der Waals surface area contributed by atoms with Crippen LogP contribution in [0.25, 0.3) is 0 Å². The van der Waals surface area contributed by atoms with E-state index in [4.69, 9.17) is 14.2 Å². The molecule has 4 atom stereocenters. The number of ether oxygens (including phenoxy) is 3. The second-order valence-corrected chi connectivity index (χ2v) is 4.73. The Morgan fingerprint density at radius 2 is 2.25 bits per heavy atom. The fourth-order valence-corrected chi connectivity index (χ4v) is 2.72. The molecule has 2 aliphatic heterocycles. The molecule has 0 aromatic rings. The molecule has 16 heavy (non-hydrogen) atoms. The summed E-state index contributed by atoms with van der Waals surface area (Å²) in [6.45, 7) is 6.97. The minimum absolute atomic E-state index is 0.0733. The number of methoxy groups -OCH3 is 1. The van der Waals surface area contributed by atoms with E-state index in [1.807, 2.05) is 0 Å². The predicted octanol–water partition coefficient (Wildman–Crippen LogP) is 2.51. The molecule has 2 saturated heterocycles. The van der Waals surface area contributed by atoms with Crippen LogP contribution in [0.1, 0.15) is 32.6 Å². The fraction of sp³-hybridized carbons (Fsp3) is 0.846. The maximum Gasteiger partial charge on any atom is 0.184 e. The second kappa shape index (κ2) is 5.30. The predicted molar refractivity (Wildman–Crippen MR) is 62.2 cm³/mol. The number of hydrogen-bond acceptors (Lipinski definition) is 3. The summed E-state index contributed by atoms with van der Waals surface area (Å²) in [5.74, 6) is 0.349. The Morgan fingerprint density at radius 3 is 2.94 bits per heavy atom. The highest BCUT2D eigenvalue weighted by molar-refractivity contribution is 5.15. The van der Waals surface area contributed by atoms with Crippen molar-refractivity contribution < 1.29 is 14.2 Å². The van der Waals surface area contributed by atoms with Gasteiger partial charge in [0.2, 0.25) is 0 Å². The van der Waals surface area contributed by atoms with Crippen molar-refractivity contribution in [3.63, 3.8) is 0 Å². The van der Waals surface area contributed by atoms with Crippen LogP contribution in [-0.4, -0.2) is 32.2 Å². The van der Waals surface area contributed by atoms with Gasteiger partial charge in [-0.25, -0.2) is 0 Å². The Morgan fingerprint density at radius 1 is 1.44 bits per heavy atom. The van der Waals surface area contributed by atoms with Crippen LogP contribution in [0.4, 0.5) is 0 Å². The van der Waals surface area contributed by atoms with Crippen molar-refractivity contribution in [2.45, 2.75) is 51.1 Å². The summed E-state index contributed by atoms with van der Waals surface area (Å²) in [5, 5.41) is 0. The van der Waals surface area contributed by atoms with Gasteiger partial charge in [0, 0.05) is 13.0 Å². The first kappa shape index (κ1) is 12.1. The SMILES string of the molecule is C=C1CO[C@H]2[C@H](OC)O[C@@H](CCCCC)[C@@H]12. The van der Waals surface area contributed by atoms with Crippen LogP contribution in [-0.2, 0) is 14.2 Å². The largest absolute Gasteiger partial charge is 0.368 e. The second-order valence-electron chi connectivity index (χ2n) is 4.73. The van der Waals surface area contributed by atoms with Gasteiger partial charge in [-0.3, -0.25) is 0 Å². The Bertz CT molecular complexity index is 252. The Kier molecular flexibility index (Phi) is 4.00. The zero-order valence-electron chi connectivity index (χ0n) is 10.3. The minimum Gasteiger partial charge on any atom is -0.368 e. The van der Waals surface area contributed by atoms with E-state index in [9.17, 15) is 0 Å². The third-order valence-corrected chi connectivity index (χ3v) is 3.59. The quantitative estimate of drug-likeness (QED) is 0.532. The van der Waals surface area contributed by atoms with Gasteiger partial charge in [-0.2, -0.15) is 0 Å². The molecule has 2 heterocycles. The van der Waals surface area contributed by atoms with E-state index in [2.05, 4.69) is 13.5 Å². The number of unbranched alkanes of at least 4 members (excludes halogenated alkanes) is 2. The lowest BCUT2D eigenvalue weighted by atomic mass is 9.90. The molecule has 0 aliphatic carbocycles. The molecule has 0 saturated carbocycles. The summed E-state index contributed by atoms with van der Waals surface area (Å²) >= 11 is 0. The summed E-state index contributed by atoms with van der Waals surface area (Å²) in [5.41, 5.74) is 1.17. The van der Waals surface area contributed by atoms with Gasteiger partial charge >= 0.3 is 0 Å². The molecule has 0 N–H and O–H groups in total. The summed E-state index contributed by atoms with van der Waals surface area (Å²) in [6.07, 6.45) is 4.94. The van der Waals surface area contributed by atoms with Crippen LogP contribution in [0.3, 0.4) is 0 Å².